The first-order valence-corrected chi connectivity index (χ1v) is 9.13. The lowest BCUT2D eigenvalue weighted by Crippen LogP contribution is -2.39. The first-order chi connectivity index (χ1) is 12.6. The second kappa shape index (κ2) is 8.85. The first-order valence-electron chi connectivity index (χ1n) is 9.13. The predicted octanol–water partition coefficient (Wildman–Crippen LogP) is 0.512. The number of aromatic nitrogens is 1. The molecule has 0 unspecified atom stereocenters. The van der Waals surface area contributed by atoms with Crippen molar-refractivity contribution in [2.45, 2.75) is 63.3 Å². The van der Waals surface area contributed by atoms with Gasteiger partial charge in [0.05, 0.1) is 30.9 Å². The lowest BCUT2D eigenvalue weighted by Gasteiger charge is -2.20. The second-order valence-corrected chi connectivity index (χ2v) is 6.81. The van der Waals surface area contributed by atoms with Gasteiger partial charge in [0, 0.05) is 37.8 Å². The topological polar surface area (TPSA) is 92.7 Å². The molecular formula is C18H26FN3O4. The number of amides is 1. The number of rotatable bonds is 8. The summed E-state index contributed by atoms with van der Waals surface area (Å²) in [6, 6.07) is 1.61. The van der Waals surface area contributed by atoms with Gasteiger partial charge in [-0.25, -0.2) is 4.39 Å². The molecule has 2 fully saturated rings. The third kappa shape index (κ3) is 4.56. The summed E-state index contributed by atoms with van der Waals surface area (Å²) in [5, 5.41) is 16.4. The maximum absolute atomic E-state index is 13.5. The summed E-state index contributed by atoms with van der Waals surface area (Å²) in [5.41, 5.74) is 0.516. The lowest BCUT2D eigenvalue weighted by atomic mass is 10.1. The molecule has 1 aromatic rings. The van der Waals surface area contributed by atoms with E-state index in [1.54, 1.807) is 6.07 Å². The number of halogens is 1. The Morgan fingerprint density at radius 2 is 2.31 bits per heavy atom. The van der Waals surface area contributed by atoms with Gasteiger partial charge >= 0.3 is 0 Å². The van der Waals surface area contributed by atoms with Crippen LogP contribution in [0.15, 0.2) is 18.5 Å². The quantitative estimate of drug-likeness (QED) is 0.620. The fourth-order valence-corrected chi connectivity index (χ4v) is 3.45. The van der Waals surface area contributed by atoms with Crippen LogP contribution >= 0.6 is 0 Å². The van der Waals surface area contributed by atoms with Crippen LogP contribution < -0.4 is 10.6 Å². The summed E-state index contributed by atoms with van der Waals surface area (Å²) >= 11 is 0. The number of nitrogens with one attached hydrogen (secondary N) is 2. The number of pyridine rings is 1. The first kappa shape index (κ1) is 19.2. The number of carbonyl (C=O) groups is 1. The van der Waals surface area contributed by atoms with Crippen LogP contribution in [0.1, 0.15) is 31.7 Å². The minimum atomic E-state index is -0.765. The molecule has 2 aliphatic rings. The number of aliphatic hydroxyl groups is 1. The van der Waals surface area contributed by atoms with Crippen LogP contribution in [0.3, 0.4) is 0 Å². The Labute approximate surface area is 152 Å². The van der Waals surface area contributed by atoms with Gasteiger partial charge in [-0.15, -0.1) is 0 Å². The van der Waals surface area contributed by atoms with Crippen molar-refractivity contribution in [1.82, 2.24) is 15.6 Å². The van der Waals surface area contributed by atoms with E-state index in [1.165, 1.54) is 12.4 Å². The Bertz CT molecular complexity index is 618. The van der Waals surface area contributed by atoms with E-state index in [0.29, 0.717) is 31.6 Å². The maximum Gasteiger partial charge on any atom is 0.222 e. The Hall–Kier alpha value is -1.61. The highest BCUT2D eigenvalue weighted by Gasteiger charge is 2.50. The number of fused-ring (bicyclic) bond motifs is 1. The lowest BCUT2D eigenvalue weighted by molar-refractivity contribution is -0.124. The molecule has 3 heterocycles. The van der Waals surface area contributed by atoms with Gasteiger partial charge in [-0.3, -0.25) is 9.78 Å². The fourth-order valence-electron chi connectivity index (χ4n) is 3.45. The van der Waals surface area contributed by atoms with Crippen molar-refractivity contribution < 1.29 is 23.8 Å². The molecule has 3 rings (SSSR count). The maximum atomic E-state index is 13.5. The summed E-state index contributed by atoms with van der Waals surface area (Å²) < 4.78 is 25.3. The van der Waals surface area contributed by atoms with Crippen LogP contribution in [0.4, 0.5) is 4.39 Å². The molecule has 144 valence electrons. The molecule has 0 aliphatic carbocycles. The number of hydrogen-bond acceptors (Lipinski definition) is 6. The van der Waals surface area contributed by atoms with E-state index in [1.807, 2.05) is 6.92 Å². The molecule has 1 aromatic heterocycles. The Morgan fingerprint density at radius 1 is 1.46 bits per heavy atom. The highest BCUT2D eigenvalue weighted by molar-refractivity contribution is 5.76. The monoisotopic (exact) mass is 367 g/mol. The van der Waals surface area contributed by atoms with Crippen LogP contribution in [0.2, 0.25) is 0 Å². The van der Waals surface area contributed by atoms with Crippen LogP contribution in [0.25, 0.3) is 0 Å². The molecule has 2 aliphatic heterocycles. The van der Waals surface area contributed by atoms with Crippen LogP contribution in [-0.4, -0.2) is 59.6 Å². The molecule has 7 nitrogen and oxygen atoms in total. The Morgan fingerprint density at radius 3 is 3.04 bits per heavy atom. The third-order valence-corrected chi connectivity index (χ3v) is 4.78. The van der Waals surface area contributed by atoms with Crippen molar-refractivity contribution in [1.29, 1.82) is 0 Å². The van der Waals surface area contributed by atoms with Gasteiger partial charge in [-0.1, -0.05) is 6.92 Å². The van der Waals surface area contributed by atoms with Crippen molar-refractivity contribution in [3.63, 3.8) is 0 Å². The van der Waals surface area contributed by atoms with Gasteiger partial charge in [0.25, 0.3) is 0 Å². The Kier molecular flexibility index (Phi) is 6.53. The second-order valence-electron chi connectivity index (χ2n) is 6.81. The van der Waals surface area contributed by atoms with Crippen LogP contribution in [-0.2, 0) is 20.8 Å². The molecule has 0 aromatic carbocycles. The average molecular weight is 367 g/mol. The molecule has 0 saturated carbocycles. The summed E-state index contributed by atoms with van der Waals surface area (Å²) in [6.45, 7) is 3.37. The number of aliphatic hydroxyl groups excluding tert-OH is 1. The van der Waals surface area contributed by atoms with Gasteiger partial charge in [0.2, 0.25) is 5.91 Å². The van der Waals surface area contributed by atoms with Crippen molar-refractivity contribution >= 4 is 5.91 Å². The van der Waals surface area contributed by atoms with E-state index in [9.17, 15) is 14.3 Å². The standard InChI is InChI=1S/C18H26FN3O4/c1-2-4-22-16(23)7-12-6-14-18(25-12)17(24)15(26-14)10-21-8-11-3-5-20-9-13(11)19/h3,5,9,12,14-15,17-18,21,24H,2,4,6-8,10H2,1H3,(H,22,23)/t12-,14+,15+,17+,18-/m0/s1. The van der Waals surface area contributed by atoms with Gasteiger partial charge in [0.15, 0.2) is 0 Å². The molecule has 2 saturated heterocycles. The molecule has 0 radical (unpaired) electrons. The zero-order chi connectivity index (χ0) is 18.5. The third-order valence-electron chi connectivity index (χ3n) is 4.78. The van der Waals surface area contributed by atoms with Crippen LogP contribution in [0, 0.1) is 5.82 Å². The summed E-state index contributed by atoms with van der Waals surface area (Å²) in [7, 11) is 0. The minimum absolute atomic E-state index is 0.0380. The van der Waals surface area contributed by atoms with Crippen molar-refractivity contribution in [3.8, 4) is 0 Å². The zero-order valence-corrected chi connectivity index (χ0v) is 14.9. The average Bonchev–Trinajstić information content (AvgIpc) is 3.14. The Balaban J connectivity index is 1.42. The predicted molar refractivity (Wildman–Crippen MR) is 91.8 cm³/mol. The number of hydrogen-bond donors (Lipinski definition) is 3. The smallest absolute Gasteiger partial charge is 0.222 e. The van der Waals surface area contributed by atoms with Gasteiger partial charge in [-0.05, 0) is 12.5 Å². The molecular weight excluding hydrogens is 341 g/mol. The highest BCUT2D eigenvalue weighted by Crippen LogP contribution is 2.35. The van der Waals surface area contributed by atoms with Crippen molar-refractivity contribution in [2.75, 3.05) is 13.1 Å². The van der Waals surface area contributed by atoms with E-state index < -0.39 is 18.3 Å². The molecule has 0 spiro atoms. The summed E-state index contributed by atoms with van der Waals surface area (Å²) in [6.07, 6.45) is 2.46. The van der Waals surface area contributed by atoms with Crippen LogP contribution in [0.5, 0.6) is 0 Å². The zero-order valence-electron chi connectivity index (χ0n) is 14.9. The van der Waals surface area contributed by atoms with Gasteiger partial charge in [0.1, 0.15) is 18.0 Å². The normalized spacial score (nSPS) is 30.3. The van der Waals surface area contributed by atoms with E-state index in [0.717, 1.165) is 6.42 Å². The molecule has 5 atom stereocenters. The summed E-state index contributed by atoms with van der Waals surface area (Å²) in [5.74, 6) is -0.402. The fraction of sp³-hybridized carbons (Fsp3) is 0.667. The molecule has 26 heavy (non-hydrogen) atoms. The number of carbonyl (C=O) groups excluding carboxylic acids is 1. The summed E-state index contributed by atoms with van der Waals surface area (Å²) in [4.78, 5) is 15.5. The molecule has 0 bridgehead atoms. The van der Waals surface area contributed by atoms with Crippen molar-refractivity contribution in [2.24, 2.45) is 0 Å². The SMILES string of the molecule is CCCNC(=O)C[C@@H]1C[C@H]2O[C@H](CNCc3ccncc3F)[C@@H](O)[C@H]2O1. The number of nitrogens with zero attached hydrogens (tertiary/aromatic N) is 1. The van der Waals surface area contributed by atoms with E-state index in [4.69, 9.17) is 9.47 Å². The molecule has 3 N–H and O–H groups in total. The molecule has 8 heteroatoms. The highest BCUT2D eigenvalue weighted by atomic mass is 19.1. The largest absolute Gasteiger partial charge is 0.388 e. The van der Waals surface area contributed by atoms with E-state index in [-0.39, 0.29) is 30.4 Å². The van der Waals surface area contributed by atoms with Crippen molar-refractivity contribution in [3.05, 3.63) is 29.8 Å². The van der Waals surface area contributed by atoms with Gasteiger partial charge in [-0.2, -0.15) is 0 Å². The molecule has 1 amide bonds. The van der Waals surface area contributed by atoms with E-state index in [2.05, 4.69) is 15.6 Å². The van der Waals surface area contributed by atoms with Gasteiger partial charge < -0.3 is 25.2 Å². The number of ether oxygens (including phenoxy) is 2. The van der Waals surface area contributed by atoms with E-state index >= 15 is 0 Å². The minimum Gasteiger partial charge on any atom is -0.388 e.